The highest BCUT2D eigenvalue weighted by Crippen LogP contribution is 2.12. The van der Waals surface area contributed by atoms with Crippen LogP contribution in [0.25, 0.3) is 11.0 Å². The first-order valence-electron chi connectivity index (χ1n) is 9.65. The Kier molecular flexibility index (Phi) is 6.74. The first kappa shape index (κ1) is 21.8. The number of carbonyl (C=O) groups is 1. The molecule has 8 heteroatoms. The van der Waals surface area contributed by atoms with Crippen LogP contribution in [-0.4, -0.2) is 26.8 Å². The number of hydrogen-bond donors (Lipinski definition) is 2. The van der Waals surface area contributed by atoms with Crippen molar-refractivity contribution in [2.45, 2.75) is 25.8 Å². The SMILES string of the molecule is Cn1cc(CC(=O)NCc2ccc(Cl)cc2)c(=O)c2cc(CCCO)c(=O)n(C)c21. The Hall–Kier alpha value is -2.90. The van der Waals surface area contributed by atoms with Gasteiger partial charge in [0.1, 0.15) is 5.65 Å². The Morgan fingerprint density at radius 3 is 2.50 bits per heavy atom. The van der Waals surface area contributed by atoms with E-state index in [0.29, 0.717) is 46.6 Å². The molecule has 2 aromatic heterocycles. The highest BCUT2D eigenvalue weighted by atomic mass is 35.5. The lowest BCUT2D eigenvalue weighted by atomic mass is 10.1. The second-order valence-corrected chi connectivity index (χ2v) is 7.71. The number of hydrogen-bond acceptors (Lipinski definition) is 4. The first-order valence-corrected chi connectivity index (χ1v) is 10.0. The Morgan fingerprint density at radius 2 is 1.83 bits per heavy atom. The zero-order valence-corrected chi connectivity index (χ0v) is 17.7. The number of nitrogens with zero attached hydrogens (tertiary/aromatic N) is 2. The molecule has 0 atom stereocenters. The molecule has 158 valence electrons. The van der Waals surface area contributed by atoms with Crippen molar-refractivity contribution < 1.29 is 9.90 Å². The summed E-state index contributed by atoms with van der Waals surface area (Å²) in [6, 6.07) is 8.74. The molecule has 0 fully saturated rings. The largest absolute Gasteiger partial charge is 0.396 e. The Bertz CT molecular complexity index is 1200. The number of aryl methyl sites for hydroxylation is 3. The number of aliphatic hydroxyl groups excluding tert-OH is 1. The molecule has 0 aliphatic heterocycles. The molecule has 0 radical (unpaired) electrons. The van der Waals surface area contributed by atoms with E-state index in [-0.39, 0.29) is 29.9 Å². The number of nitrogens with one attached hydrogen (secondary N) is 1. The van der Waals surface area contributed by atoms with Gasteiger partial charge < -0.3 is 15.0 Å². The molecule has 7 nitrogen and oxygen atoms in total. The molecule has 1 amide bonds. The van der Waals surface area contributed by atoms with Crippen LogP contribution in [0.4, 0.5) is 0 Å². The summed E-state index contributed by atoms with van der Waals surface area (Å²) < 4.78 is 3.13. The predicted molar refractivity (Wildman–Crippen MR) is 117 cm³/mol. The summed E-state index contributed by atoms with van der Waals surface area (Å²) in [6.45, 7) is 0.302. The van der Waals surface area contributed by atoms with Crippen molar-refractivity contribution in [2.75, 3.05) is 6.61 Å². The highest BCUT2D eigenvalue weighted by Gasteiger charge is 2.16. The number of pyridine rings is 2. The van der Waals surface area contributed by atoms with E-state index in [1.54, 1.807) is 43.1 Å². The summed E-state index contributed by atoms with van der Waals surface area (Å²) in [5.74, 6) is -0.272. The minimum absolute atomic E-state index is 0.0347. The maximum Gasteiger partial charge on any atom is 0.255 e. The summed E-state index contributed by atoms with van der Waals surface area (Å²) in [6.07, 6.45) is 2.35. The third-order valence-corrected chi connectivity index (χ3v) is 5.29. The van der Waals surface area contributed by atoms with Crippen molar-refractivity contribution in [3.63, 3.8) is 0 Å². The van der Waals surface area contributed by atoms with Crippen molar-refractivity contribution in [1.29, 1.82) is 0 Å². The first-order chi connectivity index (χ1) is 14.3. The van der Waals surface area contributed by atoms with Crippen LogP contribution in [0.5, 0.6) is 0 Å². The van der Waals surface area contributed by atoms with Gasteiger partial charge >= 0.3 is 0 Å². The zero-order chi connectivity index (χ0) is 21.8. The molecular formula is C22H24ClN3O4. The molecule has 0 saturated heterocycles. The van der Waals surface area contributed by atoms with Crippen LogP contribution in [0.2, 0.25) is 5.02 Å². The van der Waals surface area contributed by atoms with E-state index >= 15 is 0 Å². The fourth-order valence-electron chi connectivity index (χ4n) is 3.53. The highest BCUT2D eigenvalue weighted by molar-refractivity contribution is 6.30. The number of amides is 1. The predicted octanol–water partition coefficient (Wildman–Crippen LogP) is 1.67. The van der Waals surface area contributed by atoms with Crippen molar-refractivity contribution in [2.24, 2.45) is 14.1 Å². The maximum absolute atomic E-state index is 13.0. The van der Waals surface area contributed by atoms with Crippen LogP contribution in [0.3, 0.4) is 0 Å². The van der Waals surface area contributed by atoms with Crippen LogP contribution in [-0.2, 0) is 38.3 Å². The fraction of sp³-hybridized carbons (Fsp3) is 0.318. The molecule has 1 aromatic carbocycles. The van der Waals surface area contributed by atoms with Gasteiger partial charge in [-0.2, -0.15) is 0 Å². The van der Waals surface area contributed by atoms with Gasteiger partial charge in [0.05, 0.1) is 11.8 Å². The summed E-state index contributed by atoms with van der Waals surface area (Å²) in [4.78, 5) is 38.0. The average molecular weight is 430 g/mol. The van der Waals surface area contributed by atoms with Gasteiger partial charge in [-0.25, -0.2) is 0 Å². The van der Waals surface area contributed by atoms with Crippen LogP contribution in [0.15, 0.2) is 46.1 Å². The molecule has 2 heterocycles. The molecular weight excluding hydrogens is 406 g/mol. The second kappa shape index (κ2) is 9.28. The summed E-state index contributed by atoms with van der Waals surface area (Å²) in [5, 5.41) is 12.9. The van der Waals surface area contributed by atoms with E-state index < -0.39 is 0 Å². The summed E-state index contributed by atoms with van der Waals surface area (Å²) >= 11 is 5.86. The van der Waals surface area contributed by atoms with Gasteiger partial charge in [0.15, 0.2) is 5.43 Å². The lowest BCUT2D eigenvalue weighted by Crippen LogP contribution is -2.30. The monoisotopic (exact) mass is 429 g/mol. The van der Waals surface area contributed by atoms with Crippen molar-refractivity contribution in [3.05, 3.63) is 78.8 Å². The van der Waals surface area contributed by atoms with Gasteiger partial charge in [0.25, 0.3) is 5.56 Å². The number of fused-ring (bicyclic) bond motifs is 1. The van der Waals surface area contributed by atoms with E-state index in [2.05, 4.69) is 5.32 Å². The van der Waals surface area contributed by atoms with Gasteiger partial charge in [-0.15, -0.1) is 0 Å². The lowest BCUT2D eigenvalue weighted by molar-refractivity contribution is -0.120. The van der Waals surface area contributed by atoms with Gasteiger partial charge in [-0.05, 0) is 36.6 Å². The lowest BCUT2D eigenvalue weighted by Gasteiger charge is -2.14. The topological polar surface area (TPSA) is 93.3 Å². The van der Waals surface area contributed by atoms with E-state index in [0.717, 1.165) is 5.56 Å². The number of benzene rings is 1. The molecule has 0 aliphatic carbocycles. The molecule has 2 N–H and O–H groups in total. The smallest absolute Gasteiger partial charge is 0.255 e. The van der Waals surface area contributed by atoms with Gasteiger partial charge in [-0.3, -0.25) is 19.0 Å². The molecule has 0 saturated carbocycles. The Labute approximate surface area is 178 Å². The Morgan fingerprint density at radius 1 is 1.13 bits per heavy atom. The number of aromatic nitrogens is 2. The number of aliphatic hydroxyl groups is 1. The Balaban J connectivity index is 1.88. The van der Waals surface area contributed by atoms with Gasteiger partial charge in [0.2, 0.25) is 5.91 Å². The summed E-state index contributed by atoms with van der Waals surface area (Å²) in [5.41, 5.74) is 1.75. The van der Waals surface area contributed by atoms with Crippen LogP contribution < -0.4 is 16.3 Å². The van der Waals surface area contributed by atoms with Gasteiger partial charge in [-0.1, -0.05) is 23.7 Å². The average Bonchev–Trinajstić information content (AvgIpc) is 2.72. The third-order valence-electron chi connectivity index (χ3n) is 5.03. The molecule has 0 aliphatic rings. The molecule has 3 rings (SSSR count). The standard InChI is InChI=1S/C22H24ClN3O4/c1-25-13-16(11-19(28)24-12-14-5-7-17(23)8-6-14)20(29)18-10-15(4-3-9-27)22(30)26(2)21(18)25/h5-8,10,13,27H,3-4,9,11-12H2,1-2H3,(H,24,28). The second-order valence-electron chi connectivity index (χ2n) is 7.27. The molecule has 3 aromatic rings. The summed E-state index contributed by atoms with van der Waals surface area (Å²) in [7, 11) is 3.36. The molecule has 0 spiro atoms. The third kappa shape index (κ3) is 4.63. The number of rotatable bonds is 7. The van der Waals surface area contributed by atoms with E-state index in [1.165, 1.54) is 4.57 Å². The van der Waals surface area contributed by atoms with E-state index in [4.69, 9.17) is 16.7 Å². The number of halogens is 1. The van der Waals surface area contributed by atoms with Crippen LogP contribution in [0, 0.1) is 0 Å². The van der Waals surface area contributed by atoms with Crippen molar-refractivity contribution in [1.82, 2.24) is 14.5 Å². The minimum atomic E-state index is -0.273. The molecule has 0 bridgehead atoms. The van der Waals surface area contributed by atoms with E-state index in [9.17, 15) is 14.4 Å². The number of carbonyl (C=O) groups excluding carboxylic acids is 1. The van der Waals surface area contributed by atoms with Gasteiger partial charge in [0, 0.05) is 49.6 Å². The van der Waals surface area contributed by atoms with Crippen molar-refractivity contribution >= 4 is 28.5 Å². The fourth-order valence-corrected chi connectivity index (χ4v) is 3.65. The normalized spacial score (nSPS) is 11.1. The van der Waals surface area contributed by atoms with Crippen LogP contribution >= 0.6 is 11.6 Å². The minimum Gasteiger partial charge on any atom is -0.396 e. The maximum atomic E-state index is 13.0. The molecule has 30 heavy (non-hydrogen) atoms. The zero-order valence-electron chi connectivity index (χ0n) is 16.9. The molecule has 0 unspecified atom stereocenters. The van der Waals surface area contributed by atoms with Crippen LogP contribution in [0.1, 0.15) is 23.1 Å². The van der Waals surface area contributed by atoms with Crippen molar-refractivity contribution in [3.8, 4) is 0 Å². The van der Waals surface area contributed by atoms with E-state index in [1.807, 2.05) is 12.1 Å². The quantitative estimate of drug-likeness (QED) is 0.597.